The zero-order chi connectivity index (χ0) is 14.6. The van der Waals surface area contributed by atoms with Crippen LogP contribution < -0.4 is 5.32 Å². The van der Waals surface area contributed by atoms with Crippen LogP contribution in [-0.2, 0) is 4.79 Å². The predicted molar refractivity (Wildman–Crippen MR) is 68.3 cm³/mol. The fraction of sp³-hybridized carbons (Fsp3) is 0.333. The van der Waals surface area contributed by atoms with Crippen LogP contribution in [0, 0.1) is 0 Å². The summed E-state index contributed by atoms with van der Waals surface area (Å²) < 4.78 is 0. The van der Waals surface area contributed by atoms with Gasteiger partial charge in [-0.05, 0) is 25.1 Å². The average molecular weight is 288 g/mol. The number of carbonyl (C=O) groups is 2. The van der Waals surface area contributed by atoms with Crippen molar-refractivity contribution in [2.45, 2.75) is 18.9 Å². The molecule has 7 heteroatoms. The number of hydrogen-bond acceptors (Lipinski definition) is 4. The molecular weight excluding hydrogens is 274 g/mol. The second kappa shape index (κ2) is 5.90. The Bertz CT molecular complexity index is 501. The van der Waals surface area contributed by atoms with Gasteiger partial charge in [0.25, 0.3) is 5.91 Å². The van der Waals surface area contributed by atoms with Gasteiger partial charge in [-0.25, -0.2) is 0 Å². The zero-order valence-electron chi connectivity index (χ0n) is 10.2. The van der Waals surface area contributed by atoms with Gasteiger partial charge < -0.3 is 20.6 Å². The molecule has 104 valence electrons. The lowest BCUT2D eigenvalue weighted by atomic mass is 10.0. The van der Waals surface area contributed by atoms with Crippen molar-refractivity contribution in [3.63, 3.8) is 0 Å². The third-order valence-corrected chi connectivity index (χ3v) is 2.67. The minimum atomic E-state index is -1.54. The van der Waals surface area contributed by atoms with Crippen LogP contribution in [0.1, 0.15) is 23.7 Å². The van der Waals surface area contributed by atoms with Gasteiger partial charge in [0.15, 0.2) is 0 Å². The molecule has 0 aliphatic rings. The highest BCUT2D eigenvalue weighted by atomic mass is 35.5. The first kappa shape index (κ1) is 15.3. The summed E-state index contributed by atoms with van der Waals surface area (Å²) in [5.74, 6) is -1.82. The summed E-state index contributed by atoms with van der Waals surface area (Å²) in [4.78, 5) is 22.2. The number of aliphatic carboxylic acids is 1. The topological polar surface area (TPSA) is 107 Å². The Balaban J connectivity index is 2.65. The molecule has 6 nitrogen and oxygen atoms in total. The van der Waals surface area contributed by atoms with Crippen molar-refractivity contribution in [3.05, 3.63) is 28.8 Å². The SMILES string of the molecule is CC(O)(CNC(=O)c1ccc(O)c(Cl)c1)CC(=O)O. The van der Waals surface area contributed by atoms with Gasteiger partial charge in [-0.3, -0.25) is 9.59 Å². The molecule has 19 heavy (non-hydrogen) atoms. The van der Waals surface area contributed by atoms with Crippen molar-refractivity contribution in [2.24, 2.45) is 0 Å². The Labute approximate surface area is 114 Å². The molecule has 0 aromatic heterocycles. The number of halogens is 1. The molecule has 1 aromatic carbocycles. The lowest BCUT2D eigenvalue weighted by Gasteiger charge is -2.21. The largest absolute Gasteiger partial charge is 0.506 e. The summed E-state index contributed by atoms with van der Waals surface area (Å²) in [5, 5.41) is 29.9. The molecule has 0 radical (unpaired) electrons. The Morgan fingerprint density at radius 3 is 2.58 bits per heavy atom. The molecule has 1 unspecified atom stereocenters. The second-order valence-electron chi connectivity index (χ2n) is 4.42. The summed E-state index contributed by atoms with van der Waals surface area (Å²) >= 11 is 5.66. The van der Waals surface area contributed by atoms with E-state index in [0.717, 1.165) is 0 Å². The number of carboxylic acid groups (broad SMARTS) is 1. The smallest absolute Gasteiger partial charge is 0.306 e. The molecule has 0 saturated carbocycles. The molecule has 0 saturated heterocycles. The van der Waals surface area contributed by atoms with Crippen LogP contribution in [0.15, 0.2) is 18.2 Å². The van der Waals surface area contributed by atoms with Crippen LogP contribution in [0.2, 0.25) is 5.02 Å². The lowest BCUT2D eigenvalue weighted by molar-refractivity contribution is -0.141. The first-order chi connectivity index (χ1) is 8.71. The van der Waals surface area contributed by atoms with Crippen LogP contribution in [0.3, 0.4) is 0 Å². The van der Waals surface area contributed by atoms with Crippen molar-refractivity contribution < 1.29 is 24.9 Å². The number of carboxylic acids is 1. The van der Waals surface area contributed by atoms with Gasteiger partial charge >= 0.3 is 5.97 Å². The summed E-state index contributed by atoms with van der Waals surface area (Å²) in [6.45, 7) is 1.10. The number of amides is 1. The number of benzene rings is 1. The number of hydrogen-bond donors (Lipinski definition) is 4. The van der Waals surface area contributed by atoms with E-state index >= 15 is 0 Å². The maximum Gasteiger partial charge on any atom is 0.306 e. The number of aliphatic hydroxyl groups is 1. The molecule has 1 atom stereocenters. The van der Waals surface area contributed by atoms with Crippen LogP contribution in [0.4, 0.5) is 0 Å². The van der Waals surface area contributed by atoms with Gasteiger partial charge in [0, 0.05) is 12.1 Å². The zero-order valence-corrected chi connectivity index (χ0v) is 10.9. The number of phenols is 1. The summed E-state index contributed by atoms with van der Waals surface area (Å²) in [6.07, 6.45) is -0.483. The maximum absolute atomic E-state index is 11.7. The molecule has 1 rings (SSSR count). The van der Waals surface area contributed by atoms with E-state index in [1.165, 1.54) is 25.1 Å². The average Bonchev–Trinajstić information content (AvgIpc) is 2.28. The minimum absolute atomic E-state index is 0.0324. The number of carbonyl (C=O) groups excluding carboxylic acids is 1. The number of nitrogens with one attached hydrogen (secondary N) is 1. The summed E-state index contributed by atoms with van der Waals surface area (Å²) in [7, 11) is 0. The molecule has 0 fully saturated rings. The Hall–Kier alpha value is -1.79. The molecule has 0 aliphatic carbocycles. The number of rotatable bonds is 5. The van der Waals surface area contributed by atoms with E-state index in [2.05, 4.69) is 5.32 Å². The summed E-state index contributed by atoms with van der Waals surface area (Å²) in [6, 6.07) is 3.91. The van der Waals surface area contributed by atoms with Gasteiger partial charge in [0.2, 0.25) is 0 Å². The van der Waals surface area contributed by atoms with Crippen LogP contribution in [-0.4, -0.2) is 39.3 Å². The van der Waals surface area contributed by atoms with E-state index in [0.29, 0.717) is 0 Å². The van der Waals surface area contributed by atoms with Crippen LogP contribution >= 0.6 is 11.6 Å². The first-order valence-electron chi connectivity index (χ1n) is 5.42. The Morgan fingerprint density at radius 2 is 2.05 bits per heavy atom. The Kier molecular flexibility index (Phi) is 4.74. The maximum atomic E-state index is 11.7. The van der Waals surface area contributed by atoms with Crippen molar-refractivity contribution >= 4 is 23.5 Å². The first-order valence-corrected chi connectivity index (χ1v) is 5.80. The van der Waals surface area contributed by atoms with Crippen molar-refractivity contribution in [3.8, 4) is 5.75 Å². The second-order valence-corrected chi connectivity index (χ2v) is 4.82. The van der Waals surface area contributed by atoms with Gasteiger partial charge in [0.05, 0.1) is 17.0 Å². The third kappa shape index (κ3) is 4.76. The molecule has 4 N–H and O–H groups in total. The van der Waals surface area contributed by atoms with Gasteiger partial charge in [-0.15, -0.1) is 0 Å². The molecule has 1 aromatic rings. The van der Waals surface area contributed by atoms with Crippen molar-refractivity contribution in [1.29, 1.82) is 0 Å². The molecule has 0 heterocycles. The monoisotopic (exact) mass is 287 g/mol. The number of aromatic hydroxyl groups is 1. The predicted octanol–water partition coefficient (Wildman–Crippen LogP) is 1.00. The van der Waals surface area contributed by atoms with Gasteiger partial charge in [-0.2, -0.15) is 0 Å². The molecule has 0 aliphatic heterocycles. The highest BCUT2D eigenvalue weighted by Gasteiger charge is 2.25. The lowest BCUT2D eigenvalue weighted by Crippen LogP contribution is -2.42. The normalized spacial score (nSPS) is 13.6. The van der Waals surface area contributed by atoms with Crippen LogP contribution in [0.5, 0.6) is 5.75 Å². The van der Waals surface area contributed by atoms with E-state index < -0.39 is 23.9 Å². The van der Waals surface area contributed by atoms with Gasteiger partial charge in [-0.1, -0.05) is 11.6 Å². The van der Waals surface area contributed by atoms with E-state index in [1.54, 1.807) is 0 Å². The highest BCUT2D eigenvalue weighted by molar-refractivity contribution is 6.32. The minimum Gasteiger partial charge on any atom is -0.506 e. The molecule has 0 spiro atoms. The van der Waals surface area contributed by atoms with E-state index in [-0.39, 0.29) is 22.9 Å². The van der Waals surface area contributed by atoms with E-state index in [9.17, 15) is 19.8 Å². The quantitative estimate of drug-likeness (QED) is 0.646. The number of phenolic OH excluding ortho intramolecular Hbond substituents is 1. The highest BCUT2D eigenvalue weighted by Crippen LogP contribution is 2.23. The van der Waals surface area contributed by atoms with E-state index in [4.69, 9.17) is 16.7 Å². The fourth-order valence-electron chi connectivity index (χ4n) is 1.41. The molecular formula is C12H14ClNO5. The third-order valence-electron chi connectivity index (χ3n) is 2.37. The standard InChI is InChI=1S/C12H14ClNO5/c1-12(19,5-10(16)17)6-14-11(18)7-2-3-9(15)8(13)4-7/h2-4,15,19H,5-6H2,1H3,(H,14,18)(H,16,17). The fourth-order valence-corrected chi connectivity index (χ4v) is 1.59. The van der Waals surface area contributed by atoms with Crippen molar-refractivity contribution in [2.75, 3.05) is 6.54 Å². The molecule has 0 bridgehead atoms. The summed E-state index contributed by atoms with van der Waals surface area (Å²) in [5.41, 5.74) is -1.34. The Morgan fingerprint density at radius 1 is 1.42 bits per heavy atom. The van der Waals surface area contributed by atoms with Crippen molar-refractivity contribution in [1.82, 2.24) is 5.32 Å². The van der Waals surface area contributed by atoms with E-state index in [1.807, 2.05) is 0 Å². The molecule has 1 amide bonds. The van der Waals surface area contributed by atoms with Crippen LogP contribution in [0.25, 0.3) is 0 Å². The van der Waals surface area contributed by atoms with Gasteiger partial charge in [0.1, 0.15) is 5.75 Å².